The van der Waals surface area contributed by atoms with Gasteiger partial charge in [-0.1, -0.05) is 22.6 Å². The molecule has 0 aliphatic heterocycles. The second kappa shape index (κ2) is 16.4. The van der Waals surface area contributed by atoms with Gasteiger partial charge in [-0.05, 0) is 4.43 Å². The molecule has 0 atom stereocenters. The van der Waals surface area contributed by atoms with Gasteiger partial charge in [-0.25, -0.2) is 0 Å². The van der Waals surface area contributed by atoms with Crippen LogP contribution in [0.5, 0.6) is 0 Å². The van der Waals surface area contributed by atoms with Crippen LogP contribution in [0.25, 0.3) is 0 Å². The molecular formula is C5H10IKO2. The molecule has 0 saturated heterocycles. The first-order valence-corrected chi connectivity index (χ1v) is 3.72. The third kappa shape index (κ3) is 75.1. The molecule has 0 aliphatic carbocycles. The van der Waals surface area contributed by atoms with Crippen molar-refractivity contribution in [3.8, 4) is 0 Å². The van der Waals surface area contributed by atoms with E-state index < -0.39 is 5.97 Å². The summed E-state index contributed by atoms with van der Waals surface area (Å²) in [5.74, 6) is -0.833. The number of carboxylic acids is 1. The van der Waals surface area contributed by atoms with E-state index in [1.165, 1.54) is 4.43 Å². The average molecular weight is 268 g/mol. The number of carbonyl (C=O) groups is 1. The number of halogens is 1. The van der Waals surface area contributed by atoms with Crippen LogP contribution in [-0.4, -0.2) is 15.5 Å². The second-order valence-corrected chi connectivity index (χ2v) is 2.14. The maximum Gasteiger partial charge on any atom is 1.00 e. The number of rotatable bonds is 1. The van der Waals surface area contributed by atoms with Crippen molar-refractivity contribution in [2.24, 2.45) is 0 Å². The van der Waals surface area contributed by atoms with Gasteiger partial charge >= 0.3 is 51.4 Å². The SMILES string of the molecule is CC(=O)O.[CH2-]CCI.[K+]. The largest absolute Gasteiger partial charge is 1.00 e. The van der Waals surface area contributed by atoms with Crippen LogP contribution in [0, 0.1) is 6.92 Å². The Balaban J connectivity index is -0.0000000720. The molecule has 0 amide bonds. The van der Waals surface area contributed by atoms with Crippen LogP contribution in [0.4, 0.5) is 0 Å². The average Bonchev–Trinajstić information content (AvgIpc) is 1.65. The first-order chi connectivity index (χ1) is 3.65. The molecule has 4 heteroatoms. The quantitative estimate of drug-likeness (QED) is 0.279. The number of alkyl halides is 1. The van der Waals surface area contributed by atoms with Crippen molar-refractivity contribution >= 4 is 28.6 Å². The van der Waals surface area contributed by atoms with E-state index in [1.807, 2.05) is 0 Å². The Morgan fingerprint density at radius 1 is 1.78 bits per heavy atom. The van der Waals surface area contributed by atoms with Crippen LogP contribution < -0.4 is 51.4 Å². The summed E-state index contributed by atoms with van der Waals surface area (Å²) in [6.07, 6.45) is 1.06. The van der Waals surface area contributed by atoms with Crippen molar-refractivity contribution in [3.05, 3.63) is 6.92 Å². The van der Waals surface area contributed by atoms with Gasteiger partial charge in [-0.2, -0.15) is 6.42 Å². The van der Waals surface area contributed by atoms with Crippen molar-refractivity contribution in [1.82, 2.24) is 0 Å². The molecule has 0 aliphatic rings. The van der Waals surface area contributed by atoms with E-state index in [-0.39, 0.29) is 51.4 Å². The number of hydrogen-bond donors (Lipinski definition) is 1. The molecule has 0 bridgehead atoms. The first-order valence-electron chi connectivity index (χ1n) is 2.19. The van der Waals surface area contributed by atoms with E-state index >= 15 is 0 Å². The maximum absolute atomic E-state index is 9.00. The van der Waals surface area contributed by atoms with Gasteiger partial charge in [-0.3, -0.25) is 4.79 Å². The smallest absolute Gasteiger partial charge is 0.481 e. The fraction of sp³-hybridized carbons (Fsp3) is 0.600. The van der Waals surface area contributed by atoms with Gasteiger partial charge in [0.15, 0.2) is 0 Å². The fourth-order valence-electron chi connectivity index (χ4n) is 0. The second-order valence-electron chi connectivity index (χ2n) is 1.06. The summed E-state index contributed by atoms with van der Waals surface area (Å²) in [5, 5.41) is 7.42. The van der Waals surface area contributed by atoms with Crippen molar-refractivity contribution in [1.29, 1.82) is 0 Å². The fourth-order valence-corrected chi connectivity index (χ4v) is 0. The van der Waals surface area contributed by atoms with Crippen molar-refractivity contribution in [3.63, 3.8) is 0 Å². The summed E-state index contributed by atoms with van der Waals surface area (Å²) in [5.41, 5.74) is 0. The maximum atomic E-state index is 9.00. The molecule has 0 spiro atoms. The third-order valence-electron chi connectivity index (χ3n) is 0.134. The summed E-state index contributed by atoms with van der Waals surface area (Å²) >= 11 is 2.29. The summed E-state index contributed by atoms with van der Waals surface area (Å²) in [7, 11) is 0. The molecule has 1 N–H and O–H groups in total. The topological polar surface area (TPSA) is 37.3 Å². The first kappa shape index (κ1) is 17.1. The van der Waals surface area contributed by atoms with Gasteiger partial charge in [0.2, 0.25) is 0 Å². The zero-order chi connectivity index (χ0) is 6.99. The summed E-state index contributed by atoms with van der Waals surface area (Å²) in [4.78, 5) is 9.00. The minimum Gasteiger partial charge on any atom is -0.481 e. The molecule has 2 nitrogen and oxygen atoms in total. The Morgan fingerprint density at radius 2 is 1.89 bits per heavy atom. The molecule has 0 saturated carbocycles. The van der Waals surface area contributed by atoms with Crippen LogP contribution in [0.2, 0.25) is 0 Å². The van der Waals surface area contributed by atoms with E-state index in [0.717, 1.165) is 13.3 Å². The van der Waals surface area contributed by atoms with Gasteiger partial charge in [0.05, 0.1) is 0 Å². The molecular weight excluding hydrogens is 258 g/mol. The minimum absolute atomic E-state index is 0. The standard InChI is InChI=1S/C3H6I.C2H4O2.K/c1-2-3-4;1-2(3)4;/h1-3H2;1H3,(H,3,4);/q-1;;+1. The zero-order valence-corrected chi connectivity index (χ0v) is 11.1. The summed E-state index contributed by atoms with van der Waals surface area (Å²) in [6.45, 7) is 4.68. The van der Waals surface area contributed by atoms with Crippen LogP contribution >= 0.6 is 22.6 Å². The van der Waals surface area contributed by atoms with E-state index in [9.17, 15) is 0 Å². The van der Waals surface area contributed by atoms with Crippen molar-refractivity contribution < 1.29 is 61.3 Å². The van der Waals surface area contributed by atoms with Gasteiger partial charge in [0.1, 0.15) is 0 Å². The van der Waals surface area contributed by atoms with Crippen molar-refractivity contribution in [2.75, 3.05) is 4.43 Å². The van der Waals surface area contributed by atoms with Crippen LogP contribution in [-0.2, 0) is 4.79 Å². The minimum atomic E-state index is -0.833. The Bertz CT molecular complexity index is 52.9. The molecule has 0 aromatic rings. The molecule has 0 radical (unpaired) electrons. The van der Waals surface area contributed by atoms with Crippen LogP contribution in [0.15, 0.2) is 0 Å². The predicted octanol–water partition coefficient (Wildman–Crippen LogP) is -1.26. The molecule has 9 heavy (non-hydrogen) atoms. The van der Waals surface area contributed by atoms with E-state index in [2.05, 4.69) is 29.5 Å². The molecule has 0 aromatic carbocycles. The molecule has 0 heterocycles. The molecule has 0 fully saturated rings. The van der Waals surface area contributed by atoms with E-state index in [1.54, 1.807) is 0 Å². The Hall–Kier alpha value is 1.84. The molecule has 0 rings (SSSR count). The van der Waals surface area contributed by atoms with Gasteiger partial charge < -0.3 is 12.0 Å². The van der Waals surface area contributed by atoms with Crippen molar-refractivity contribution in [2.45, 2.75) is 13.3 Å². The van der Waals surface area contributed by atoms with Gasteiger partial charge in [0, 0.05) is 6.92 Å². The monoisotopic (exact) mass is 268 g/mol. The molecule has 50 valence electrons. The van der Waals surface area contributed by atoms with Gasteiger partial charge in [-0.15, -0.1) is 0 Å². The van der Waals surface area contributed by atoms with Gasteiger partial charge in [0.25, 0.3) is 5.97 Å². The normalized spacial score (nSPS) is 6.11. The van der Waals surface area contributed by atoms with E-state index in [0.29, 0.717) is 0 Å². The number of carboxylic acid groups (broad SMARTS) is 1. The molecule has 0 aromatic heterocycles. The Kier molecular flexibility index (Phi) is 31.2. The molecule has 0 unspecified atom stereocenters. The van der Waals surface area contributed by atoms with E-state index in [4.69, 9.17) is 9.90 Å². The Morgan fingerprint density at radius 3 is 1.89 bits per heavy atom. The summed E-state index contributed by atoms with van der Waals surface area (Å²) in [6, 6.07) is 0. The Labute approximate surface area is 112 Å². The third-order valence-corrected chi connectivity index (χ3v) is 0.896. The number of hydrogen-bond acceptors (Lipinski definition) is 1. The summed E-state index contributed by atoms with van der Waals surface area (Å²) < 4.78 is 1.18. The van der Waals surface area contributed by atoms with Crippen LogP contribution in [0.1, 0.15) is 13.3 Å². The number of aliphatic carboxylic acids is 1. The predicted molar refractivity (Wildman–Crippen MR) is 42.2 cm³/mol. The van der Waals surface area contributed by atoms with Crippen LogP contribution in [0.3, 0.4) is 0 Å². The zero-order valence-electron chi connectivity index (χ0n) is 5.85.